The summed E-state index contributed by atoms with van der Waals surface area (Å²) in [6.45, 7) is 0. The van der Waals surface area contributed by atoms with Crippen LogP contribution in [-0.4, -0.2) is 18.4 Å². The summed E-state index contributed by atoms with van der Waals surface area (Å²) in [5.74, 6) is 0. The predicted molar refractivity (Wildman–Crippen MR) is 88.5 cm³/mol. The third kappa shape index (κ3) is 2.94. The molecule has 0 aromatic heterocycles. The van der Waals surface area contributed by atoms with Gasteiger partial charge in [0.1, 0.15) is 0 Å². The van der Waals surface area contributed by atoms with E-state index in [1.807, 2.05) is 0 Å². The third-order valence-corrected chi connectivity index (χ3v) is 7.70. The van der Waals surface area contributed by atoms with E-state index in [-0.39, 0.29) is 0 Å². The van der Waals surface area contributed by atoms with Crippen molar-refractivity contribution in [3.05, 3.63) is 60.2 Å². The first kappa shape index (κ1) is 13.0. The Hall–Kier alpha value is -1.02. The van der Waals surface area contributed by atoms with E-state index in [4.69, 9.17) is 0 Å². The summed E-state index contributed by atoms with van der Waals surface area (Å²) in [5, 5.41) is 5.41. The molecule has 0 saturated heterocycles. The van der Waals surface area contributed by atoms with E-state index in [9.17, 15) is 0 Å². The number of rotatable bonds is 2. The van der Waals surface area contributed by atoms with Gasteiger partial charge >= 0.3 is 119 Å². The molecule has 0 fully saturated rings. The second kappa shape index (κ2) is 4.82. The topological polar surface area (TPSA) is 0 Å². The van der Waals surface area contributed by atoms with E-state index in [1.165, 1.54) is 31.5 Å². The minimum absolute atomic E-state index is 1.33. The molecule has 0 N–H and O–H groups in total. The molecule has 0 saturated carbocycles. The second-order valence-electron chi connectivity index (χ2n) is 6.62. The Morgan fingerprint density at radius 1 is 0.684 bits per heavy atom. The van der Waals surface area contributed by atoms with Gasteiger partial charge in [0.15, 0.2) is 0 Å². The van der Waals surface area contributed by atoms with Gasteiger partial charge in [-0.15, -0.1) is 0 Å². The first-order valence-corrected chi connectivity index (χ1v) is 17.5. The Labute approximate surface area is 119 Å². The van der Waals surface area contributed by atoms with Crippen LogP contribution in [0.5, 0.6) is 0 Å². The first-order chi connectivity index (χ1) is 9.01. The Bertz CT molecular complexity index is 735. The zero-order valence-electron chi connectivity index (χ0n) is 11.9. The van der Waals surface area contributed by atoms with Crippen molar-refractivity contribution in [3.63, 3.8) is 0 Å². The summed E-state index contributed by atoms with van der Waals surface area (Å²) in [6.07, 6.45) is 0. The van der Waals surface area contributed by atoms with Gasteiger partial charge < -0.3 is 0 Å². The molecule has 0 radical (unpaired) electrons. The molecule has 0 aliphatic carbocycles. The van der Waals surface area contributed by atoms with Crippen molar-refractivity contribution < 1.29 is 0 Å². The molecule has 3 rings (SSSR count). The van der Waals surface area contributed by atoms with Crippen molar-refractivity contribution in [1.82, 2.24) is 0 Å². The van der Waals surface area contributed by atoms with E-state index < -0.39 is 18.4 Å². The molecule has 0 aliphatic heterocycles. The SMILES string of the molecule is [CH3][Sn]([CH3])([CH3])[CH2]c1ccc2cc3ccccc3cc2c1. The summed E-state index contributed by atoms with van der Waals surface area (Å²) in [4.78, 5) is 7.50. The molecule has 0 aliphatic rings. The summed E-state index contributed by atoms with van der Waals surface area (Å²) in [5.41, 5.74) is 1.52. The first-order valence-electron chi connectivity index (χ1n) is 6.93. The maximum absolute atomic E-state index is 2.50. The van der Waals surface area contributed by atoms with E-state index in [2.05, 4.69) is 69.4 Å². The van der Waals surface area contributed by atoms with E-state index in [0.717, 1.165) is 0 Å². The summed E-state index contributed by atoms with van der Waals surface area (Å²) >= 11 is -1.74. The molecule has 0 heterocycles. The van der Waals surface area contributed by atoms with Crippen molar-refractivity contribution >= 4 is 39.9 Å². The van der Waals surface area contributed by atoms with Gasteiger partial charge in [-0.25, -0.2) is 0 Å². The van der Waals surface area contributed by atoms with Crippen LogP contribution in [0.1, 0.15) is 5.56 Å². The summed E-state index contributed by atoms with van der Waals surface area (Å²) in [7, 11) is 0. The molecule has 0 atom stereocenters. The Kier molecular flexibility index (Phi) is 3.30. The van der Waals surface area contributed by atoms with Crippen LogP contribution >= 0.6 is 0 Å². The quantitative estimate of drug-likeness (QED) is 0.426. The monoisotopic (exact) mass is 356 g/mol. The van der Waals surface area contributed by atoms with Gasteiger partial charge in [-0.3, -0.25) is 0 Å². The third-order valence-electron chi connectivity index (χ3n) is 3.50. The predicted octanol–water partition coefficient (Wildman–Crippen LogP) is 5.41. The van der Waals surface area contributed by atoms with Crippen LogP contribution in [0.15, 0.2) is 54.6 Å². The minimum atomic E-state index is -1.74. The fourth-order valence-electron chi connectivity index (χ4n) is 2.71. The van der Waals surface area contributed by atoms with Crippen LogP contribution in [0.2, 0.25) is 14.8 Å². The van der Waals surface area contributed by atoms with Crippen LogP contribution in [0.3, 0.4) is 0 Å². The fourth-order valence-corrected chi connectivity index (χ4v) is 6.84. The molecule has 3 aromatic carbocycles. The molecule has 96 valence electrons. The Morgan fingerprint density at radius 2 is 1.26 bits per heavy atom. The number of hydrogen-bond acceptors (Lipinski definition) is 0. The summed E-state index contributed by atoms with van der Waals surface area (Å²) < 4.78 is 1.33. The standard InChI is InChI=1S/C15H11.3CH3.Sn/c1-11-6-7-14-9-12-4-2-3-5-13(12)10-15(14)8-11;;;;/h2-10H,1H2;3*1H3;. The van der Waals surface area contributed by atoms with E-state index >= 15 is 0 Å². The fraction of sp³-hybridized carbons (Fsp3) is 0.222. The van der Waals surface area contributed by atoms with Crippen molar-refractivity contribution in [3.8, 4) is 0 Å². The molecule has 0 amide bonds. The van der Waals surface area contributed by atoms with Gasteiger partial charge in [0.2, 0.25) is 0 Å². The summed E-state index contributed by atoms with van der Waals surface area (Å²) in [6, 6.07) is 20.2. The molecule has 3 aromatic rings. The van der Waals surface area contributed by atoms with Crippen LogP contribution < -0.4 is 0 Å². The molecular formula is C18H20Sn. The Balaban J connectivity index is 2.14. The number of fused-ring (bicyclic) bond motifs is 2. The maximum atomic E-state index is 2.50. The van der Waals surface area contributed by atoms with E-state index in [1.54, 1.807) is 0 Å². The normalized spacial score (nSPS) is 12.2. The van der Waals surface area contributed by atoms with Gasteiger partial charge in [-0.1, -0.05) is 0 Å². The van der Waals surface area contributed by atoms with Gasteiger partial charge in [-0.05, 0) is 0 Å². The Morgan fingerprint density at radius 3 is 1.89 bits per heavy atom. The molecule has 0 unspecified atom stereocenters. The van der Waals surface area contributed by atoms with Crippen LogP contribution in [0.4, 0.5) is 0 Å². The molecule has 0 spiro atoms. The van der Waals surface area contributed by atoms with E-state index in [0.29, 0.717) is 0 Å². The average Bonchev–Trinajstić information content (AvgIpc) is 2.34. The zero-order valence-corrected chi connectivity index (χ0v) is 14.8. The molecule has 0 bridgehead atoms. The van der Waals surface area contributed by atoms with Gasteiger partial charge in [0.05, 0.1) is 0 Å². The average molecular weight is 355 g/mol. The molecule has 19 heavy (non-hydrogen) atoms. The second-order valence-corrected chi connectivity index (χ2v) is 22.2. The zero-order chi connectivity index (χ0) is 13.5. The van der Waals surface area contributed by atoms with Crippen LogP contribution in [-0.2, 0) is 4.44 Å². The van der Waals surface area contributed by atoms with Gasteiger partial charge in [0.25, 0.3) is 0 Å². The molecule has 1 heteroatoms. The van der Waals surface area contributed by atoms with Gasteiger partial charge in [0, 0.05) is 0 Å². The number of hydrogen-bond donors (Lipinski definition) is 0. The van der Waals surface area contributed by atoms with Gasteiger partial charge in [-0.2, -0.15) is 0 Å². The van der Waals surface area contributed by atoms with Crippen molar-refractivity contribution in [2.24, 2.45) is 0 Å². The molecular weight excluding hydrogens is 335 g/mol. The van der Waals surface area contributed by atoms with Crippen LogP contribution in [0.25, 0.3) is 21.5 Å². The number of benzene rings is 3. The molecule has 0 nitrogen and oxygen atoms in total. The van der Waals surface area contributed by atoms with Crippen molar-refractivity contribution in [2.75, 3.05) is 0 Å². The van der Waals surface area contributed by atoms with Crippen molar-refractivity contribution in [2.45, 2.75) is 19.3 Å². The van der Waals surface area contributed by atoms with Crippen LogP contribution in [0, 0.1) is 0 Å². The van der Waals surface area contributed by atoms with Crippen molar-refractivity contribution in [1.29, 1.82) is 0 Å².